The molecule has 1 N–H and O–H groups in total. The molecule has 0 bridgehead atoms. The Morgan fingerprint density at radius 1 is 1.31 bits per heavy atom. The maximum atomic E-state index is 11.9. The molecule has 3 aromatic rings. The topological polar surface area (TPSA) is 46.9 Å². The lowest BCUT2D eigenvalue weighted by Gasteiger charge is -2.00. The molecular weight excluding hydrogens is 366 g/mol. The minimum atomic E-state index is -0.0797. The Labute approximate surface area is 162 Å². The quantitative estimate of drug-likeness (QED) is 0.478. The van der Waals surface area contributed by atoms with E-state index in [1.807, 2.05) is 61.9 Å². The van der Waals surface area contributed by atoms with Crippen molar-refractivity contribution >= 4 is 34.9 Å². The molecule has 4 nitrogen and oxygen atoms in total. The molecule has 0 aliphatic heterocycles. The highest BCUT2D eigenvalue weighted by molar-refractivity contribution is 7.16. The molecule has 1 aromatic carbocycles. The monoisotopic (exact) mass is 385 g/mol. The Bertz CT molecular complexity index is 913. The van der Waals surface area contributed by atoms with E-state index in [4.69, 9.17) is 11.6 Å². The van der Waals surface area contributed by atoms with Crippen LogP contribution < -0.4 is 5.32 Å². The van der Waals surface area contributed by atoms with Crippen LogP contribution in [0.1, 0.15) is 16.9 Å². The Hall–Kier alpha value is -2.37. The van der Waals surface area contributed by atoms with Gasteiger partial charge in [-0.2, -0.15) is 5.10 Å². The van der Waals surface area contributed by atoms with Gasteiger partial charge in [-0.15, -0.1) is 11.3 Å². The predicted octanol–water partition coefficient (Wildman–Crippen LogP) is 4.56. The van der Waals surface area contributed by atoms with Gasteiger partial charge in [0.05, 0.1) is 6.20 Å². The van der Waals surface area contributed by atoms with Crippen molar-refractivity contribution in [2.75, 3.05) is 6.54 Å². The van der Waals surface area contributed by atoms with E-state index in [1.165, 1.54) is 5.56 Å². The molecule has 0 saturated heterocycles. The number of carbonyl (C=O) groups excluding carboxylic acids is 1. The van der Waals surface area contributed by atoms with Crippen LogP contribution in [0.2, 0.25) is 5.02 Å². The van der Waals surface area contributed by atoms with Gasteiger partial charge in [-0.1, -0.05) is 29.8 Å². The second-order valence-corrected chi connectivity index (χ2v) is 7.45. The largest absolute Gasteiger partial charge is 0.353 e. The minimum absolute atomic E-state index is 0.0797. The summed E-state index contributed by atoms with van der Waals surface area (Å²) in [5.41, 5.74) is 2.20. The number of thiophene rings is 1. The van der Waals surface area contributed by atoms with Crippen LogP contribution in [0.25, 0.3) is 16.5 Å². The highest BCUT2D eigenvalue weighted by Crippen LogP contribution is 2.33. The van der Waals surface area contributed by atoms with Gasteiger partial charge >= 0.3 is 0 Å². The van der Waals surface area contributed by atoms with Crippen molar-refractivity contribution < 1.29 is 4.79 Å². The average Bonchev–Trinajstić information content (AvgIpc) is 3.26. The van der Waals surface area contributed by atoms with Crippen molar-refractivity contribution in [3.63, 3.8) is 0 Å². The number of amides is 1. The first-order chi connectivity index (χ1) is 12.6. The molecule has 0 fully saturated rings. The standard InChI is InChI=1S/C20H20ClN3OS/c1-24-14-15(13-23-24)5-4-12-22-20(25)11-9-16-8-10-19(26-16)17-6-2-3-7-18(17)21/h2-3,6-11,13-14H,4-5,12H2,1H3,(H,22,25)/b11-9+. The lowest BCUT2D eigenvalue weighted by molar-refractivity contribution is -0.116. The zero-order valence-electron chi connectivity index (χ0n) is 14.5. The van der Waals surface area contributed by atoms with Crippen molar-refractivity contribution in [3.8, 4) is 10.4 Å². The number of rotatable bonds is 7. The molecule has 0 spiro atoms. The third kappa shape index (κ3) is 5.07. The molecule has 2 heterocycles. The summed E-state index contributed by atoms with van der Waals surface area (Å²) in [5, 5.41) is 7.77. The predicted molar refractivity (Wildman–Crippen MR) is 108 cm³/mol. The zero-order chi connectivity index (χ0) is 18.4. The number of benzene rings is 1. The van der Waals surface area contributed by atoms with Crippen molar-refractivity contribution in [1.29, 1.82) is 0 Å². The maximum Gasteiger partial charge on any atom is 0.244 e. The lowest BCUT2D eigenvalue weighted by atomic mass is 10.2. The van der Waals surface area contributed by atoms with Gasteiger partial charge in [0.2, 0.25) is 5.91 Å². The number of hydrogen-bond acceptors (Lipinski definition) is 3. The molecule has 3 rings (SSSR count). The van der Waals surface area contributed by atoms with Crippen LogP contribution in [0, 0.1) is 0 Å². The number of nitrogens with zero attached hydrogens (tertiary/aromatic N) is 2. The molecule has 0 aliphatic carbocycles. The van der Waals surface area contributed by atoms with Crippen LogP contribution in [-0.4, -0.2) is 22.2 Å². The molecule has 0 radical (unpaired) electrons. The highest BCUT2D eigenvalue weighted by Gasteiger charge is 2.05. The molecule has 2 aromatic heterocycles. The SMILES string of the molecule is Cn1cc(CCCNC(=O)/C=C/c2ccc(-c3ccccc3Cl)s2)cn1. The van der Waals surface area contributed by atoms with Crippen molar-refractivity contribution in [3.05, 3.63) is 70.3 Å². The number of aryl methyl sites for hydroxylation is 2. The third-order valence-corrected chi connectivity index (χ3v) is 5.28. The minimum Gasteiger partial charge on any atom is -0.353 e. The molecule has 0 saturated carbocycles. The second-order valence-electron chi connectivity index (χ2n) is 5.93. The summed E-state index contributed by atoms with van der Waals surface area (Å²) in [6.45, 7) is 0.646. The molecule has 0 atom stereocenters. The molecule has 6 heteroatoms. The smallest absolute Gasteiger partial charge is 0.244 e. The first kappa shape index (κ1) is 18.4. The van der Waals surface area contributed by atoms with E-state index in [0.29, 0.717) is 6.54 Å². The van der Waals surface area contributed by atoms with Gasteiger partial charge in [0, 0.05) is 46.2 Å². The summed E-state index contributed by atoms with van der Waals surface area (Å²) in [7, 11) is 1.90. The molecule has 134 valence electrons. The normalized spacial score (nSPS) is 11.2. The summed E-state index contributed by atoms with van der Waals surface area (Å²) in [6, 6.07) is 11.8. The van der Waals surface area contributed by atoms with E-state index >= 15 is 0 Å². The fourth-order valence-corrected chi connectivity index (χ4v) is 3.81. The first-order valence-corrected chi connectivity index (χ1v) is 9.59. The van der Waals surface area contributed by atoms with Crippen LogP contribution in [0.3, 0.4) is 0 Å². The van der Waals surface area contributed by atoms with Crippen LogP contribution in [0.5, 0.6) is 0 Å². The fourth-order valence-electron chi connectivity index (χ4n) is 2.57. The van der Waals surface area contributed by atoms with Crippen molar-refractivity contribution in [2.24, 2.45) is 7.05 Å². The van der Waals surface area contributed by atoms with Crippen LogP contribution >= 0.6 is 22.9 Å². The molecule has 26 heavy (non-hydrogen) atoms. The van der Waals surface area contributed by atoms with Crippen LogP contribution in [0.4, 0.5) is 0 Å². The van der Waals surface area contributed by atoms with Crippen LogP contribution in [0.15, 0.2) is 54.9 Å². The van der Waals surface area contributed by atoms with Crippen molar-refractivity contribution in [1.82, 2.24) is 15.1 Å². The van der Waals surface area contributed by atoms with Gasteiger partial charge in [-0.05, 0) is 42.7 Å². The summed E-state index contributed by atoms with van der Waals surface area (Å²) in [6.07, 6.45) is 9.06. The number of nitrogens with one attached hydrogen (secondary N) is 1. The summed E-state index contributed by atoms with van der Waals surface area (Å²) in [5.74, 6) is -0.0797. The van der Waals surface area contributed by atoms with Gasteiger partial charge in [0.1, 0.15) is 0 Å². The third-order valence-electron chi connectivity index (χ3n) is 3.86. The molecule has 0 unspecified atom stereocenters. The molecule has 1 amide bonds. The Morgan fingerprint density at radius 3 is 2.92 bits per heavy atom. The lowest BCUT2D eigenvalue weighted by Crippen LogP contribution is -2.22. The number of hydrogen-bond donors (Lipinski definition) is 1. The van der Waals surface area contributed by atoms with Crippen LogP contribution in [-0.2, 0) is 18.3 Å². The summed E-state index contributed by atoms with van der Waals surface area (Å²) in [4.78, 5) is 14.0. The summed E-state index contributed by atoms with van der Waals surface area (Å²) < 4.78 is 1.79. The molecule has 0 aliphatic rings. The summed E-state index contributed by atoms with van der Waals surface area (Å²) >= 11 is 7.84. The van der Waals surface area contributed by atoms with Gasteiger partial charge in [0.25, 0.3) is 0 Å². The van der Waals surface area contributed by atoms with E-state index in [-0.39, 0.29) is 5.91 Å². The Morgan fingerprint density at radius 2 is 2.15 bits per heavy atom. The Kier molecular flexibility index (Phi) is 6.26. The van der Waals surface area contributed by atoms with Gasteiger partial charge in [-0.3, -0.25) is 9.48 Å². The van der Waals surface area contributed by atoms with Crippen molar-refractivity contribution in [2.45, 2.75) is 12.8 Å². The van der Waals surface area contributed by atoms with Gasteiger partial charge < -0.3 is 5.32 Å². The van der Waals surface area contributed by atoms with E-state index < -0.39 is 0 Å². The zero-order valence-corrected chi connectivity index (χ0v) is 16.1. The first-order valence-electron chi connectivity index (χ1n) is 8.40. The number of aromatic nitrogens is 2. The van der Waals surface area contributed by atoms with E-state index in [9.17, 15) is 4.79 Å². The van der Waals surface area contributed by atoms with E-state index in [2.05, 4.69) is 10.4 Å². The second kappa shape index (κ2) is 8.83. The fraction of sp³-hybridized carbons (Fsp3) is 0.200. The number of carbonyl (C=O) groups is 1. The Balaban J connectivity index is 1.47. The molecular formula is C20H20ClN3OS. The average molecular weight is 386 g/mol. The van der Waals surface area contributed by atoms with E-state index in [1.54, 1.807) is 22.1 Å². The van der Waals surface area contributed by atoms with Gasteiger partial charge in [-0.25, -0.2) is 0 Å². The highest BCUT2D eigenvalue weighted by atomic mass is 35.5. The van der Waals surface area contributed by atoms with Gasteiger partial charge in [0.15, 0.2) is 0 Å². The maximum absolute atomic E-state index is 11.9. The number of halogens is 1. The van der Waals surface area contributed by atoms with E-state index in [0.717, 1.165) is 33.2 Å².